The maximum atomic E-state index is 12.2. The van der Waals surface area contributed by atoms with Gasteiger partial charge in [0.2, 0.25) is 11.8 Å². The van der Waals surface area contributed by atoms with Gasteiger partial charge in [0.15, 0.2) is 0 Å². The first-order valence-electron chi connectivity index (χ1n) is 8.49. The van der Waals surface area contributed by atoms with Crippen molar-refractivity contribution in [3.8, 4) is 5.75 Å². The molecule has 0 bridgehead atoms. The number of hydrogen-bond acceptors (Lipinski definition) is 4. The zero-order chi connectivity index (χ0) is 18.9. The molecule has 6 heteroatoms. The Kier molecular flexibility index (Phi) is 7.53. The normalized spacial score (nSPS) is 11.5. The van der Waals surface area contributed by atoms with Crippen LogP contribution in [0.1, 0.15) is 19.4 Å². The van der Waals surface area contributed by atoms with E-state index < -0.39 is 0 Å². The summed E-state index contributed by atoms with van der Waals surface area (Å²) in [5.41, 5.74) is 2.60. The molecule has 2 rings (SSSR count). The first-order valence-corrected chi connectivity index (χ1v) is 9.54. The lowest BCUT2D eigenvalue weighted by Gasteiger charge is -2.12. The molecule has 0 radical (unpaired) electrons. The standard InChI is InChI=1S/C20H24N2O3S/c1-4-25-18-11-9-17(10-12-18)22-20(24)15(3)26-13-19(23)21-16-7-5-14(2)6-8-16/h5-12,15H,4,13H2,1-3H3,(H,21,23)(H,22,24). The van der Waals surface area contributed by atoms with Gasteiger partial charge in [-0.2, -0.15) is 0 Å². The highest BCUT2D eigenvalue weighted by atomic mass is 32.2. The highest BCUT2D eigenvalue weighted by Crippen LogP contribution is 2.18. The number of amides is 2. The minimum atomic E-state index is -0.342. The molecule has 5 nitrogen and oxygen atoms in total. The number of hydrogen-bond donors (Lipinski definition) is 2. The van der Waals surface area contributed by atoms with Crippen molar-refractivity contribution in [2.45, 2.75) is 26.0 Å². The van der Waals surface area contributed by atoms with E-state index in [1.807, 2.05) is 50.2 Å². The molecular weight excluding hydrogens is 348 g/mol. The van der Waals surface area contributed by atoms with Gasteiger partial charge in [-0.05, 0) is 57.2 Å². The number of benzene rings is 2. The van der Waals surface area contributed by atoms with Crippen molar-refractivity contribution in [3.63, 3.8) is 0 Å². The molecule has 1 unspecified atom stereocenters. The second-order valence-electron chi connectivity index (χ2n) is 5.81. The summed E-state index contributed by atoms with van der Waals surface area (Å²) < 4.78 is 5.37. The van der Waals surface area contributed by atoms with Gasteiger partial charge in [0.05, 0.1) is 17.6 Å². The second-order valence-corrected chi connectivity index (χ2v) is 7.14. The predicted molar refractivity (Wildman–Crippen MR) is 108 cm³/mol. The van der Waals surface area contributed by atoms with Crippen molar-refractivity contribution < 1.29 is 14.3 Å². The van der Waals surface area contributed by atoms with Crippen LogP contribution in [0.4, 0.5) is 11.4 Å². The number of rotatable bonds is 8. The number of ether oxygens (including phenoxy) is 1. The van der Waals surface area contributed by atoms with Crippen molar-refractivity contribution in [2.24, 2.45) is 0 Å². The van der Waals surface area contributed by atoms with Crippen molar-refractivity contribution in [1.29, 1.82) is 0 Å². The topological polar surface area (TPSA) is 67.4 Å². The van der Waals surface area contributed by atoms with Gasteiger partial charge in [-0.25, -0.2) is 0 Å². The minimum Gasteiger partial charge on any atom is -0.494 e. The van der Waals surface area contributed by atoms with Gasteiger partial charge < -0.3 is 15.4 Å². The molecule has 0 aliphatic carbocycles. The van der Waals surface area contributed by atoms with Crippen molar-refractivity contribution in [3.05, 3.63) is 54.1 Å². The number of anilines is 2. The number of nitrogens with one attached hydrogen (secondary N) is 2. The van der Waals surface area contributed by atoms with Crippen LogP contribution in [0.5, 0.6) is 5.75 Å². The second kappa shape index (κ2) is 9.87. The van der Waals surface area contributed by atoms with Gasteiger partial charge in [0.1, 0.15) is 5.75 Å². The van der Waals surface area contributed by atoms with E-state index in [0.29, 0.717) is 12.3 Å². The van der Waals surface area contributed by atoms with Crippen LogP contribution >= 0.6 is 11.8 Å². The fourth-order valence-corrected chi connectivity index (χ4v) is 2.84. The summed E-state index contributed by atoms with van der Waals surface area (Å²) in [6.45, 7) is 6.30. The third kappa shape index (κ3) is 6.44. The number of aryl methyl sites for hydroxylation is 1. The third-order valence-corrected chi connectivity index (χ3v) is 4.74. The summed E-state index contributed by atoms with van der Waals surface area (Å²) in [6, 6.07) is 14.8. The lowest BCUT2D eigenvalue weighted by atomic mass is 10.2. The van der Waals surface area contributed by atoms with E-state index in [1.165, 1.54) is 11.8 Å². The summed E-state index contributed by atoms with van der Waals surface area (Å²) in [7, 11) is 0. The average molecular weight is 372 g/mol. The maximum Gasteiger partial charge on any atom is 0.237 e. The molecule has 2 amide bonds. The molecule has 138 valence electrons. The molecule has 0 saturated carbocycles. The van der Waals surface area contributed by atoms with Crippen LogP contribution in [0.15, 0.2) is 48.5 Å². The van der Waals surface area contributed by atoms with E-state index in [1.54, 1.807) is 19.1 Å². The van der Waals surface area contributed by atoms with Gasteiger partial charge in [0, 0.05) is 11.4 Å². The van der Waals surface area contributed by atoms with E-state index in [-0.39, 0.29) is 22.8 Å². The summed E-state index contributed by atoms with van der Waals surface area (Å²) in [5, 5.41) is 5.33. The van der Waals surface area contributed by atoms with Gasteiger partial charge >= 0.3 is 0 Å². The number of thioether (sulfide) groups is 1. The fraction of sp³-hybridized carbons (Fsp3) is 0.300. The highest BCUT2D eigenvalue weighted by Gasteiger charge is 2.15. The van der Waals surface area contributed by atoms with Crippen molar-refractivity contribution in [2.75, 3.05) is 23.0 Å². The molecule has 0 aliphatic heterocycles. The van der Waals surface area contributed by atoms with Gasteiger partial charge in [-0.15, -0.1) is 11.8 Å². The fourth-order valence-electron chi connectivity index (χ4n) is 2.16. The van der Waals surface area contributed by atoms with Gasteiger partial charge in [-0.3, -0.25) is 9.59 Å². The first kappa shape index (κ1) is 19.8. The van der Waals surface area contributed by atoms with E-state index in [0.717, 1.165) is 17.0 Å². The van der Waals surface area contributed by atoms with Crippen LogP contribution in [0.3, 0.4) is 0 Å². The Bertz CT molecular complexity index is 730. The van der Waals surface area contributed by atoms with Gasteiger partial charge in [0.25, 0.3) is 0 Å². The van der Waals surface area contributed by atoms with Crippen LogP contribution < -0.4 is 15.4 Å². The van der Waals surface area contributed by atoms with Crippen LogP contribution in [0, 0.1) is 6.92 Å². The predicted octanol–water partition coefficient (Wildman–Crippen LogP) is 4.09. The maximum absolute atomic E-state index is 12.2. The Labute approximate surface area is 158 Å². The Morgan fingerprint density at radius 1 is 1.00 bits per heavy atom. The molecule has 2 N–H and O–H groups in total. The van der Waals surface area contributed by atoms with E-state index >= 15 is 0 Å². The molecule has 0 heterocycles. The lowest BCUT2D eigenvalue weighted by molar-refractivity contribution is -0.115. The zero-order valence-electron chi connectivity index (χ0n) is 15.2. The van der Waals surface area contributed by atoms with Gasteiger partial charge in [-0.1, -0.05) is 17.7 Å². The third-order valence-electron chi connectivity index (χ3n) is 3.60. The Morgan fingerprint density at radius 2 is 1.58 bits per heavy atom. The van der Waals surface area contributed by atoms with E-state index in [4.69, 9.17) is 4.74 Å². The van der Waals surface area contributed by atoms with Crippen molar-refractivity contribution in [1.82, 2.24) is 0 Å². The van der Waals surface area contributed by atoms with Crippen LogP contribution in [-0.2, 0) is 9.59 Å². The lowest BCUT2D eigenvalue weighted by Crippen LogP contribution is -2.25. The van der Waals surface area contributed by atoms with Crippen LogP contribution in [0.25, 0.3) is 0 Å². The summed E-state index contributed by atoms with van der Waals surface area (Å²) in [6.07, 6.45) is 0. The number of carbonyl (C=O) groups excluding carboxylic acids is 2. The molecule has 0 spiro atoms. The molecule has 2 aromatic rings. The van der Waals surface area contributed by atoms with Crippen LogP contribution in [0.2, 0.25) is 0 Å². The summed E-state index contributed by atoms with van der Waals surface area (Å²) in [5.74, 6) is 0.716. The summed E-state index contributed by atoms with van der Waals surface area (Å²) >= 11 is 1.30. The van der Waals surface area contributed by atoms with E-state index in [2.05, 4.69) is 10.6 Å². The zero-order valence-corrected chi connectivity index (χ0v) is 16.1. The smallest absolute Gasteiger partial charge is 0.237 e. The largest absolute Gasteiger partial charge is 0.494 e. The molecule has 0 aliphatic rings. The average Bonchev–Trinajstić information content (AvgIpc) is 2.63. The molecule has 0 aromatic heterocycles. The highest BCUT2D eigenvalue weighted by molar-refractivity contribution is 8.01. The molecular formula is C20H24N2O3S. The van der Waals surface area contributed by atoms with Crippen LogP contribution in [-0.4, -0.2) is 29.4 Å². The minimum absolute atomic E-state index is 0.125. The molecule has 1 atom stereocenters. The first-order chi connectivity index (χ1) is 12.5. The molecule has 0 fully saturated rings. The Hall–Kier alpha value is -2.47. The molecule has 26 heavy (non-hydrogen) atoms. The Morgan fingerprint density at radius 3 is 2.19 bits per heavy atom. The molecule has 2 aromatic carbocycles. The molecule has 0 saturated heterocycles. The summed E-state index contributed by atoms with van der Waals surface area (Å²) in [4.78, 5) is 24.2. The Balaban J connectivity index is 1.77. The monoisotopic (exact) mass is 372 g/mol. The number of carbonyl (C=O) groups is 2. The van der Waals surface area contributed by atoms with E-state index in [9.17, 15) is 9.59 Å². The SMILES string of the molecule is CCOc1ccc(NC(=O)C(C)SCC(=O)Nc2ccc(C)cc2)cc1. The van der Waals surface area contributed by atoms with Crippen molar-refractivity contribution >= 4 is 35.0 Å². The quantitative estimate of drug-likeness (QED) is 0.732.